The van der Waals surface area contributed by atoms with E-state index >= 15 is 0 Å². The first kappa shape index (κ1) is 19.7. The molecule has 0 saturated heterocycles. The molecule has 0 aliphatic heterocycles. The molecule has 0 aliphatic carbocycles. The van der Waals surface area contributed by atoms with E-state index in [-0.39, 0.29) is 11.7 Å². The van der Waals surface area contributed by atoms with E-state index in [1.807, 2.05) is 26.0 Å². The molecule has 6 nitrogen and oxygen atoms in total. The zero-order chi connectivity index (χ0) is 20.3. The fourth-order valence-electron chi connectivity index (χ4n) is 2.59. The largest absolute Gasteiger partial charge is 0.497 e. The minimum absolute atomic E-state index is 0.0814. The number of rotatable bonds is 5. The van der Waals surface area contributed by atoms with E-state index in [2.05, 4.69) is 22.4 Å². The average Bonchev–Trinajstić information content (AvgIpc) is 2.97. The zero-order valence-electron chi connectivity index (χ0n) is 15.5. The van der Waals surface area contributed by atoms with Crippen molar-refractivity contribution in [1.82, 2.24) is 4.98 Å². The van der Waals surface area contributed by atoms with Crippen molar-refractivity contribution in [3.63, 3.8) is 0 Å². The van der Waals surface area contributed by atoms with Crippen molar-refractivity contribution < 1.29 is 9.53 Å². The van der Waals surface area contributed by atoms with Gasteiger partial charge in [-0.3, -0.25) is 4.79 Å². The summed E-state index contributed by atoms with van der Waals surface area (Å²) in [6.45, 7) is 3.78. The molecule has 3 aromatic rings. The van der Waals surface area contributed by atoms with Crippen LogP contribution < -0.4 is 10.1 Å². The van der Waals surface area contributed by atoms with E-state index < -0.39 is 0 Å². The van der Waals surface area contributed by atoms with Gasteiger partial charge in [-0.05, 0) is 37.6 Å². The highest BCUT2D eigenvalue weighted by Gasteiger charge is 2.16. The van der Waals surface area contributed by atoms with Crippen LogP contribution in [0.4, 0.5) is 5.00 Å². The van der Waals surface area contributed by atoms with Gasteiger partial charge in [-0.25, -0.2) is 4.98 Å². The third-order valence-electron chi connectivity index (χ3n) is 4.20. The van der Waals surface area contributed by atoms with Gasteiger partial charge in [0.15, 0.2) is 0 Å². The number of hydrogen-bond acceptors (Lipinski definition) is 7. The zero-order valence-corrected chi connectivity index (χ0v) is 17.1. The molecule has 140 valence electrons. The maximum atomic E-state index is 12.4. The fourth-order valence-corrected chi connectivity index (χ4v) is 4.38. The Morgan fingerprint density at radius 1 is 1.29 bits per heavy atom. The van der Waals surface area contributed by atoms with Crippen molar-refractivity contribution >= 4 is 44.9 Å². The van der Waals surface area contributed by atoms with Crippen LogP contribution >= 0.6 is 23.1 Å². The first-order valence-electron chi connectivity index (χ1n) is 8.28. The molecule has 8 heteroatoms. The normalized spacial score (nSPS) is 10.3. The number of amides is 1. The second-order valence-corrected chi connectivity index (χ2v) is 8.14. The standard InChI is InChI=1S/C20H16N4O2S2/c1-11-12(2)28-20(16(11)9-22)24-18(25)10-27-19-14(8-21)6-13-4-5-15(26-3)7-17(13)23-19/h4-7H,10H2,1-3H3,(H,24,25). The maximum absolute atomic E-state index is 12.4. The number of aryl methyl sites for hydroxylation is 1. The minimum Gasteiger partial charge on any atom is -0.497 e. The van der Waals surface area contributed by atoms with Gasteiger partial charge in [0.1, 0.15) is 27.9 Å². The van der Waals surface area contributed by atoms with Crippen molar-refractivity contribution in [1.29, 1.82) is 10.5 Å². The lowest BCUT2D eigenvalue weighted by Gasteiger charge is -2.07. The summed E-state index contributed by atoms with van der Waals surface area (Å²) in [5.41, 5.74) is 2.48. The number of benzene rings is 1. The Morgan fingerprint density at radius 2 is 2.07 bits per heavy atom. The molecule has 0 aliphatic rings. The first-order valence-corrected chi connectivity index (χ1v) is 10.1. The number of thiophene rings is 1. The van der Waals surface area contributed by atoms with Crippen molar-refractivity contribution in [2.45, 2.75) is 18.9 Å². The highest BCUT2D eigenvalue weighted by molar-refractivity contribution is 8.00. The summed E-state index contributed by atoms with van der Waals surface area (Å²) in [7, 11) is 1.58. The van der Waals surface area contributed by atoms with Gasteiger partial charge >= 0.3 is 0 Å². The molecule has 0 spiro atoms. The molecule has 1 amide bonds. The smallest absolute Gasteiger partial charge is 0.235 e. The van der Waals surface area contributed by atoms with Crippen LogP contribution in [0.1, 0.15) is 21.6 Å². The molecule has 2 heterocycles. The van der Waals surface area contributed by atoms with Gasteiger partial charge in [0.2, 0.25) is 5.91 Å². The lowest BCUT2D eigenvalue weighted by molar-refractivity contribution is -0.113. The Morgan fingerprint density at radius 3 is 2.75 bits per heavy atom. The van der Waals surface area contributed by atoms with Gasteiger partial charge in [-0.15, -0.1) is 11.3 Å². The number of nitrogens with zero attached hydrogens (tertiary/aromatic N) is 3. The number of thioether (sulfide) groups is 1. The lowest BCUT2D eigenvalue weighted by Crippen LogP contribution is -2.14. The van der Waals surface area contributed by atoms with Gasteiger partial charge in [0.05, 0.1) is 29.5 Å². The number of nitrogens with one attached hydrogen (secondary N) is 1. The van der Waals surface area contributed by atoms with Crippen LogP contribution in [0.5, 0.6) is 5.75 Å². The number of methoxy groups -OCH3 is 1. The summed E-state index contributed by atoms with van der Waals surface area (Å²) in [5.74, 6) is 0.503. The fraction of sp³-hybridized carbons (Fsp3) is 0.200. The molecular formula is C20H16N4O2S2. The Balaban J connectivity index is 1.79. The van der Waals surface area contributed by atoms with E-state index in [1.165, 1.54) is 23.1 Å². The van der Waals surface area contributed by atoms with Crippen LogP contribution in [-0.2, 0) is 4.79 Å². The monoisotopic (exact) mass is 408 g/mol. The topological polar surface area (TPSA) is 98.8 Å². The molecule has 3 rings (SSSR count). The van der Waals surface area contributed by atoms with Crippen molar-refractivity contribution in [2.24, 2.45) is 0 Å². The summed E-state index contributed by atoms with van der Waals surface area (Å²) in [6, 6.07) is 11.5. The summed E-state index contributed by atoms with van der Waals surface area (Å²) >= 11 is 2.57. The number of nitriles is 2. The number of pyridine rings is 1. The van der Waals surface area contributed by atoms with Crippen LogP contribution in [0.25, 0.3) is 10.9 Å². The Hall–Kier alpha value is -3.07. The molecular weight excluding hydrogens is 392 g/mol. The molecule has 0 bridgehead atoms. The predicted octanol–water partition coefficient (Wildman–Crippen LogP) is 4.40. The highest BCUT2D eigenvalue weighted by Crippen LogP contribution is 2.32. The number of carbonyl (C=O) groups excluding carboxylic acids is 1. The average molecular weight is 409 g/mol. The van der Waals surface area contributed by atoms with E-state index in [4.69, 9.17) is 4.74 Å². The summed E-state index contributed by atoms with van der Waals surface area (Å²) in [6.07, 6.45) is 0. The molecule has 0 atom stereocenters. The third kappa shape index (κ3) is 3.94. The number of ether oxygens (including phenoxy) is 1. The van der Waals surface area contributed by atoms with Gasteiger partial charge in [-0.1, -0.05) is 11.8 Å². The van der Waals surface area contributed by atoms with Crippen LogP contribution in [0.3, 0.4) is 0 Å². The second kappa shape index (κ2) is 8.30. The highest BCUT2D eigenvalue weighted by atomic mass is 32.2. The molecule has 0 radical (unpaired) electrons. The maximum Gasteiger partial charge on any atom is 0.235 e. The molecule has 0 unspecified atom stereocenters. The van der Waals surface area contributed by atoms with E-state index in [0.717, 1.165) is 15.8 Å². The summed E-state index contributed by atoms with van der Waals surface area (Å²) in [5, 5.41) is 23.4. The van der Waals surface area contributed by atoms with Crippen molar-refractivity contribution in [3.05, 3.63) is 45.8 Å². The van der Waals surface area contributed by atoms with E-state index in [1.54, 1.807) is 19.2 Å². The number of fused-ring (bicyclic) bond motifs is 1. The number of hydrogen-bond donors (Lipinski definition) is 1. The number of aromatic nitrogens is 1. The van der Waals surface area contributed by atoms with Crippen LogP contribution in [0.2, 0.25) is 0 Å². The van der Waals surface area contributed by atoms with Crippen molar-refractivity contribution in [2.75, 3.05) is 18.2 Å². The molecule has 0 fully saturated rings. The summed E-state index contributed by atoms with van der Waals surface area (Å²) < 4.78 is 5.22. The van der Waals surface area contributed by atoms with Gasteiger partial charge in [0.25, 0.3) is 0 Å². The van der Waals surface area contributed by atoms with Gasteiger partial charge < -0.3 is 10.1 Å². The van der Waals surface area contributed by atoms with Gasteiger partial charge in [-0.2, -0.15) is 10.5 Å². The quantitative estimate of drug-likeness (QED) is 0.629. The van der Waals surface area contributed by atoms with E-state index in [0.29, 0.717) is 32.4 Å². The van der Waals surface area contributed by atoms with E-state index in [9.17, 15) is 15.3 Å². The molecule has 2 aromatic heterocycles. The van der Waals surface area contributed by atoms with Crippen LogP contribution in [-0.4, -0.2) is 23.8 Å². The van der Waals surface area contributed by atoms with Crippen molar-refractivity contribution in [3.8, 4) is 17.9 Å². The SMILES string of the molecule is COc1ccc2cc(C#N)c(SCC(=O)Nc3sc(C)c(C)c3C#N)nc2c1. The summed E-state index contributed by atoms with van der Waals surface area (Å²) in [4.78, 5) is 17.9. The first-order chi connectivity index (χ1) is 13.5. The number of carbonyl (C=O) groups is 1. The number of anilines is 1. The lowest BCUT2D eigenvalue weighted by atomic mass is 10.1. The molecule has 1 N–H and O–H groups in total. The molecule has 28 heavy (non-hydrogen) atoms. The minimum atomic E-state index is -0.251. The Bertz CT molecular complexity index is 1160. The second-order valence-electron chi connectivity index (χ2n) is 5.95. The van der Waals surface area contributed by atoms with Crippen LogP contribution in [0.15, 0.2) is 29.3 Å². The van der Waals surface area contributed by atoms with Crippen LogP contribution in [0, 0.1) is 36.5 Å². The molecule has 1 aromatic carbocycles. The Labute approximate surface area is 170 Å². The Kier molecular flexibility index (Phi) is 5.84. The van der Waals surface area contributed by atoms with Gasteiger partial charge in [0, 0.05) is 16.3 Å². The predicted molar refractivity (Wildman–Crippen MR) is 111 cm³/mol. The third-order valence-corrected chi connectivity index (χ3v) is 6.31. The molecule has 0 saturated carbocycles.